The van der Waals surface area contributed by atoms with Crippen molar-refractivity contribution >= 4 is 10.9 Å². The summed E-state index contributed by atoms with van der Waals surface area (Å²) >= 11 is 0. The maximum atomic E-state index is 10.6. The van der Waals surface area contributed by atoms with Crippen LogP contribution in [0.2, 0.25) is 0 Å². The summed E-state index contributed by atoms with van der Waals surface area (Å²) < 4.78 is 12.5. The van der Waals surface area contributed by atoms with Gasteiger partial charge in [-0.05, 0) is 31.5 Å². The number of fused-ring (bicyclic) bond motifs is 1. The number of aromatic hydroxyl groups is 1. The molecule has 0 aliphatic carbocycles. The van der Waals surface area contributed by atoms with Crippen LogP contribution < -0.4 is 9.47 Å². The van der Waals surface area contributed by atoms with Gasteiger partial charge in [0.05, 0.1) is 36.5 Å². The molecule has 0 fully saturated rings. The molecule has 0 atom stereocenters. The molecular weight excluding hydrogens is 346 g/mol. The molecule has 0 bridgehead atoms. The predicted octanol–water partition coefficient (Wildman–Crippen LogP) is 3.23. The largest absolute Gasteiger partial charge is 0.494 e. The molecule has 0 saturated heterocycles. The van der Waals surface area contributed by atoms with Gasteiger partial charge in [0.15, 0.2) is 5.75 Å². The van der Waals surface area contributed by atoms with E-state index in [-0.39, 0.29) is 5.88 Å². The Balaban J connectivity index is 1.84. The molecule has 0 spiro atoms. The highest BCUT2D eigenvalue weighted by Crippen LogP contribution is 2.35. The lowest BCUT2D eigenvalue weighted by molar-refractivity contribution is 0.298. The van der Waals surface area contributed by atoms with Crippen LogP contribution in [0.15, 0.2) is 36.8 Å². The lowest BCUT2D eigenvalue weighted by Crippen LogP contribution is -1.98. The topological polar surface area (TPSA) is 98.1 Å². The van der Waals surface area contributed by atoms with Crippen LogP contribution in [0.1, 0.15) is 12.5 Å². The van der Waals surface area contributed by atoms with Gasteiger partial charge in [0.25, 0.3) is 5.88 Å². The van der Waals surface area contributed by atoms with Crippen molar-refractivity contribution < 1.29 is 14.6 Å². The van der Waals surface area contributed by atoms with Gasteiger partial charge in [-0.2, -0.15) is 5.10 Å². The number of pyridine rings is 2. The summed E-state index contributed by atoms with van der Waals surface area (Å²) in [6.07, 6.45) is 5.10. The molecule has 27 heavy (non-hydrogen) atoms. The highest BCUT2D eigenvalue weighted by molar-refractivity contribution is 5.90. The summed E-state index contributed by atoms with van der Waals surface area (Å²) in [5.74, 6) is 1.78. The molecule has 4 aromatic heterocycles. The Hall–Kier alpha value is -3.55. The van der Waals surface area contributed by atoms with Gasteiger partial charge < -0.3 is 14.6 Å². The second-order valence-corrected chi connectivity index (χ2v) is 6.01. The third kappa shape index (κ3) is 2.84. The van der Waals surface area contributed by atoms with E-state index in [0.29, 0.717) is 35.0 Å². The lowest BCUT2D eigenvalue weighted by Gasteiger charge is -2.10. The van der Waals surface area contributed by atoms with Gasteiger partial charge in [0.2, 0.25) is 5.88 Å². The van der Waals surface area contributed by atoms with Gasteiger partial charge in [-0.3, -0.25) is 9.67 Å². The number of rotatable bonds is 5. The number of methoxy groups -OCH3 is 1. The zero-order valence-electron chi connectivity index (χ0n) is 15.2. The predicted molar refractivity (Wildman–Crippen MR) is 101 cm³/mol. The molecule has 0 saturated carbocycles. The number of ether oxygens (including phenoxy) is 2. The monoisotopic (exact) mass is 365 g/mol. The van der Waals surface area contributed by atoms with E-state index in [4.69, 9.17) is 14.5 Å². The van der Waals surface area contributed by atoms with Crippen molar-refractivity contribution in [3.63, 3.8) is 0 Å². The Morgan fingerprint density at radius 3 is 2.85 bits per heavy atom. The number of aromatic amines is 1. The average molecular weight is 365 g/mol. The summed E-state index contributed by atoms with van der Waals surface area (Å²) in [6, 6.07) is 5.53. The first kappa shape index (κ1) is 16.9. The normalized spacial score (nSPS) is 11.1. The molecule has 8 heteroatoms. The van der Waals surface area contributed by atoms with Crippen molar-refractivity contribution in [3.05, 3.63) is 42.4 Å². The number of hydrogen-bond donors (Lipinski definition) is 2. The minimum atomic E-state index is 0.119. The molecule has 0 radical (unpaired) electrons. The number of nitrogens with one attached hydrogen (secondary N) is 1. The van der Waals surface area contributed by atoms with Crippen molar-refractivity contribution in [1.29, 1.82) is 0 Å². The van der Waals surface area contributed by atoms with Crippen molar-refractivity contribution in [2.45, 2.75) is 13.8 Å². The van der Waals surface area contributed by atoms with Crippen LogP contribution in [0.3, 0.4) is 0 Å². The minimum Gasteiger partial charge on any atom is -0.494 e. The first-order valence-electron chi connectivity index (χ1n) is 8.51. The van der Waals surface area contributed by atoms with E-state index >= 15 is 0 Å². The maximum Gasteiger partial charge on any atom is 0.256 e. The van der Waals surface area contributed by atoms with E-state index < -0.39 is 0 Å². The Kier molecular flexibility index (Phi) is 4.15. The summed E-state index contributed by atoms with van der Waals surface area (Å²) in [7, 11) is 1.58. The Bertz CT molecular complexity index is 1100. The Labute approximate surface area is 155 Å². The van der Waals surface area contributed by atoms with Crippen LogP contribution >= 0.6 is 0 Å². The smallest absolute Gasteiger partial charge is 0.256 e. The van der Waals surface area contributed by atoms with Crippen molar-refractivity contribution in [2.75, 3.05) is 13.7 Å². The first-order chi connectivity index (χ1) is 13.1. The fourth-order valence-electron chi connectivity index (χ4n) is 3.06. The van der Waals surface area contributed by atoms with Crippen LogP contribution in [0, 0.1) is 6.92 Å². The summed E-state index contributed by atoms with van der Waals surface area (Å²) in [6.45, 7) is 4.33. The second kappa shape index (κ2) is 6.64. The van der Waals surface area contributed by atoms with Crippen molar-refractivity contribution in [3.8, 4) is 34.6 Å². The van der Waals surface area contributed by atoms with Gasteiger partial charge >= 0.3 is 0 Å². The van der Waals surface area contributed by atoms with E-state index in [1.807, 2.05) is 26.0 Å². The van der Waals surface area contributed by atoms with Gasteiger partial charge in [-0.15, -0.1) is 0 Å². The number of nitrogens with zero attached hydrogens (tertiary/aromatic N) is 4. The molecular formula is C19H19N5O3. The fourth-order valence-corrected chi connectivity index (χ4v) is 3.06. The molecule has 0 aromatic carbocycles. The van der Waals surface area contributed by atoms with E-state index in [1.165, 1.54) is 0 Å². The lowest BCUT2D eigenvalue weighted by atomic mass is 10.1. The third-order valence-corrected chi connectivity index (χ3v) is 4.31. The standard InChI is InChI=1S/C19H19N5O3/c1-4-27-18-15(26-3)8-12(9-20-18)13-7-11(2)17-14(22-13)10-24(19(17)25)16-5-6-21-23-16/h5-10,25H,4H2,1-3H3,(H,21,23). The van der Waals surface area contributed by atoms with Crippen molar-refractivity contribution in [2.24, 2.45) is 0 Å². The molecule has 4 rings (SSSR count). The van der Waals surface area contributed by atoms with Crippen molar-refractivity contribution in [1.82, 2.24) is 24.7 Å². The molecule has 8 nitrogen and oxygen atoms in total. The summed E-state index contributed by atoms with van der Waals surface area (Å²) in [5.41, 5.74) is 3.10. The molecule has 0 amide bonds. The van der Waals surface area contributed by atoms with Crippen LogP contribution in [-0.4, -0.2) is 43.6 Å². The third-order valence-electron chi connectivity index (χ3n) is 4.31. The van der Waals surface area contributed by atoms with E-state index in [2.05, 4.69) is 15.2 Å². The van der Waals surface area contributed by atoms with E-state index in [0.717, 1.165) is 16.8 Å². The van der Waals surface area contributed by atoms with Gasteiger partial charge in [0.1, 0.15) is 5.82 Å². The minimum absolute atomic E-state index is 0.119. The highest BCUT2D eigenvalue weighted by Gasteiger charge is 2.17. The van der Waals surface area contributed by atoms with Gasteiger partial charge in [-0.25, -0.2) is 9.97 Å². The average Bonchev–Trinajstić information content (AvgIpc) is 3.30. The molecule has 2 N–H and O–H groups in total. The maximum absolute atomic E-state index is 10.6. The van der Waals surface area contributed by atoms with Crippen LogP contribution in [0.4, 0.5) is 0 Å². The van der Waals surface area contributed by atoms with E-state index in [9.17, 15) is 5.11 Å². The number of aromatic nitrogens is 5. The number of aryl methyl sites for hydroxylation is 1. The van der Waals surface area contributed by atoms with Gasteiger partial charge in [-0.1, -0.05) is 0 Å². The summed E-state index contributed by atoms with van der Waals surface area (Å²) in [4.78, 5) is 9.03. The van der Waals surface area contributed by atoms with Gasteiger partial charge in [0, 0.05) is 24.0 Å². The quantitative estimate of drug-likeness (QED) is 0.563. The molecule has 4 aromatic rings. The Morgan fingerprint density at radius 2 is 2.15 bits per heavy atom. The van der Waals surface area contributed by atoms with E-state index in [1.54, 1.807) is 36.3 Å². The highest BCUT2D eigenvalue weighted by atomic mass is 16.5. The molecule has 0 unspecified atom stereocenters. The zero-order valence-corrected chi connectivity index (χ0v) is 15.2. The molecule has 4 heterocycles. The van der Waals surface area contributed by atoms with Crippen LogP contribution in [0.25, 0.3) is 28.0 Å². The molecule has 0 aliphatic rings. The SMILES string of the molecule is CCOc1ncc(-c2cc(C)c3c(O)n(-c4ccn[nH]4)cc3n2)cc1OC. The molecule has 0 aliphatic heterocycles. The fraction of sp³-hybridized carbons (Fsp3) is 0.211. The number of H-pyrrole nitrogens is 1. The number of hydrogen-bond acceptors (Lipinski definition) is 6. The second-order valence-electron chi connectivity index (χ2n) is 6.01. The Morgan fingerprint density at radius 1 is 1.30 bits per heavy atom. The summed E-state index contributed by atoms with van der Waals surface area (Å²) in [5, 5.41) is 18.1. The first-order valence-corrected chi connectivity index (χ1v) is 8.51. The zero-order chi connectivity index (χ0) is 19.0. The van der Waals surface area contributed by atoms with Crippen LogP contribution in [-0.2, 0) is 0 Å². The molecule has 138 valence electrons. The van der Waals surface area contributed by atoms with Crippen LogP contribution in [0.5, 0.6) is 17.5 Å².